The molecule has 0 saturated heterocycles. The van der Waals surface area contributed by atoms with Gasteiger partial charge in [-0.1, -0.05) is 43.3 Å². The van der Waals surface area contributed by atoms with Crippen LogP contribution in [0.15, 0.2) is 67.3 Å². The molecular formula is C23H24N4O. The third-order valence-corrected chi connectivity index (χ3v) is 5.29. The summed E-state index contributed by atoms with van der Waals surface area (Å²) in [5.74, 6) is 0.0863. The predicted octanol–water partition coefficient (Wildman–Crippen LogP) is 4.30. The summed E-state index contributed by atoms with van der Waals surface area (Å²) < 4.78 is 0. The van der Waals surface area contributed by atoms with Crippen LogP contribution in [-0.4, -0.2) is 28.5 Å². The van der Waals surface area contributed by atoms with Gasteiger partial charge in [0.05, 0.1) is 17.4 Å². The number of carbonyl (C=O) groups excluding carboxylic acids is 1. The van der Waals surface area contributed by atoms with Crippen molar-refractivity contribution in [3.8, 4) is 11.1 Å². The minimum atomic E-state index is 0.0863. The molecule has 3 aromatic rings. The zero-order valence-electron chi connectivity index (χ0n) is 16.2. The van der Waals surface area contributed by atoms with Crippen LogP contribution in [0.25, 0.3) is 11.1 Å². The van der Waals surface area contributed by atoms with Crippen LogP contribution < -0.4 is 9.80 Å². The Morgan fingerprint density at radius 2 is 1.79 bits per heavy atom. The molecule has 142 valence electrons. The van der Waals surface area contributed by atoms with Crippen LogP contribution >= 0.6 is 0 Å². The summed E-state index contributed by atoms with van der Waals surface area (Å²) in [5, 5.41) is 0. The molecule has 1 aromatic heterocycles. The van der Waals surface area contributed by atoms with Crippen molar-refractivity contribution >= 4 is 17.3 Å². The Hall–Kier alpha value is -3.21. The lowest BCUT2D eigenvalue weighted by molar-refractivity contribution is -0.117. The molecule has 0 saturated carbocycles. The van der Waals surface area contributed by atoms with Crippen LogP contribution in [0.3, 0.4) is 0 Å². The van der Waals surface area contributed by atoms with E-state index in [1.165, 1.54) is 11.9 Å². The van der Waals surface area contributed by atoms with Crippen LogP contribution in [0, 0.1) is 0 Å². The number of hydrogen-bond donors (Lipinski definition) is 0. The Balaban J connectivity index is 1.80. The van der Waals surface area contributed by atoms with Crippen molar-refractivity contribution in [2.75, 3.05) is 16.3 Å². The van der Waals surface area contributed by atoms with Crippen LogP contribution in [-0.2, 0) is 11.3 Å². The largest absolute Gasteiger partial charge is 0.363 e. The molecular weight excluding hydrogens is 348 g/mol. The van der Waals surface area contributed by atoms with Crippen molar-refractivity contribution in [2.24, 2.45) is 0 Å². The van der Waals surface area contributed by atoms with Gasteiger partial charge in [0.1, 0.15) is 6.33 Å². The van der Waals surface area contributed by atoms with E-state index in [2.05, 4.69) is 58.2 Å². The molecule has 1 unspecified atom stereocenters. The number of hydrogen-bond acceptors (Lipinski definition) is 4. The van der Waals surface area contributed by atoms with E-state index in [1.807, 2.05) is 29.4 Å². The number of benzene rings is 2. The van der Waals surface area contributed by atoms with Crippen molar-refractivity contribution in [3.63, 3.8) is 0 Å². The highest BCUT2D eigenvalue weighted by Crippen LogP contribution is 2.40. The third kappa shape index (κ3) is 3.48. The monoisotopic (exact) mass is 372 g/mol. The molecule has 0 bridgehead atoms. The number of fused-ring (bicyclic) bond motifs is 1. The van der Waals surface area contributed by atoms with Gasteiger partial charge in [0.25, 0.3) is 0 Å². The first kappa shape index (κ1) is 18.2. The fourth-order valence-electron chi connectivity index (χ4n) is 3.93. The van der Waals surface area contributed by atoms with Gasteiger partial charge in [-0.15, -0.1) is 0 Å². The molecule has 2 aromatic carbocycles. The van der Waals surface area contributed by atoms with Gasteiger partial charge < -0.3 is 9.80 Å². The van der Waals surface area contributed by atoms with Gasteiger partial charge in [-0.25, -0.2) is 9.97 Å². The second-order valence-electron chi connectivity index (χ2n) is 7.15. The van der Waals surface area contributed by atoms with Crippen LogP contribution in [0.5, 0.6) is 0 Å². The second kappa shape index (κ2) is 7.80. The maximum Gasteiger partial charge on any atom is 0.224 e. The summed E-state index contributed by atoms with van der Waals surface area (Å²) in [5.41, 5.74) is 5.33. The minimum Gasteiger partial charge on any atom is -0.363 e. The third-order valence-electron chi connectivity index (χ3n) is 5.29. The highest BCUT2D eigenvalue weighted by atomic mass is 16.2. The molecule has 1 aliphatic rings. The van der Waals surface area contributed by atoms with E-state index in [0.717, 1.165) is 42.0 Å². The van der Waals surface area contributed by atoms with Gasteiger partial charge in [-0.3, -0.25) is 4.79 Å². The molecule has 5 heteroatoms. The highest BCUT2D eigenvalue weighted by Gasteiger charge is 2.32. The van der Waals surface area contributed by atoms with Crippen molar-refractivity contribution in [3.05, 3.63) is 72.8 Å². The molecule has 5 nitrogen and oxygen atoms in total. The number of nitrogens with zero attached hydrogens (tertiary/aromatic N) is 4. The lowest BCUT2D eigenvalue weighted by atomic mass is 10.00. The molecule has 4 rings (SSSR count). The lowest BCUT2D eigenvalue weighted by Gasteiger charge is -2.43. The van der Waals surface area contributed by atoms with E-state index in [0.29, 0.717) is 0 Å². The predicted molar refractivity (Wildman–Crippen MR) is 112 cm³/mol. The average Bonchev–Trinajstić information content (AvgIpc) is 2.74. The van der Waals surface area contributed by atoms with Gasteiger partial charge >= 0.3 is 0 Å². The van der Waals surface area contributed by atoms with E-state index in [9.17, 15) is 4.79 Å². The van der Waals surface area contributed by atoms with E-state index in [-0.39, 0.29) is 11.9 Å². The van der Waals surface area contributed by atoms with Crippen LogP contribution in [0.4, 0.5) is 11.4 Å². The fraction of sp³-hybridized carbons (Fsp3) is 0.261. The fourth-order valence-corrected chi connectivity index (χ4v) is 3.93. The minimum absolute atomic E-state index is 0.0863. The Kier molecular flexibility index (Phi) is 5.06. The SMILES string of the molecule is CCC1CN(Cc2ccccc2)c2cc(-c3cncnc3)ccc2N1C(C)=O. The maximum atomic E-state index is 12.4. The van der Waals surface area contributed by atoms with E-state index in [4.69, 9.17) is 0 Å². The molecule has 0 fully saturated rings. The molecule has 0 spiro atoms. The van der Waals surface area contributed by atoms with Crippen LogP contribution in [0.1, 0.15) is 25.8 Å². The topological polar surface area (TPSA) is 49.3 Å². The highest BCUT2D eigenvalue weighted by molar-refractivity contribution is 5.98. The number of rotatable bonds is 4. The average molecular weight is 372 g/mol. The summed E-state index contributed by atoms with van der Waals surface area (Å²) in [6.45, 7) is 5.41. The summed E-state index contributed by atoms with van der Waals surface area (Å²) in [6.07, 6.45) is 6.08. The summed E-state index contributed by atoms with van der Waals surface area (Å²) in [7, 11) is 0. The summed E-state index contributed by atoms with van der Waals surface area (Å²) in [6, 6.07) is 16.9. The van der Waals surface area contributed by atoms with Gasteiger partial charge in [0.15, 0.2) is 0 Å². The van der Waals surface area contributed by atoms with Gasteiger partial charge in [0, 0.05) is 38.0 Å². The first-order chi connectivity index (χ1) is 13.7. The van der Waals surface area contributed by atoms with Crippen molar-refractivity contribution in [1.82, 2.24) is 9.97 Å². The second-order valence-corrected chi connectivity index (χ2v) is 7.15. The van der Waals surface area contributed by atoms with Crippen LogP contribution in [0.2, 0.25) is 0 Å². The van der Waals surface area contributed by atoms with Gasteiger partial charge in [-0.2, -0.15) is 0 Å². The molecule has 1 amide bonds. The smallest absolute Gasteiger partial charge is 0.224 e. The van der Waals surface area contributed by atoms with E-state index >= 15 is 0 Å². The normalized spacial score (nSPS) is 16.0. The molecule has 0 aliphatic carbocycles. The van der Waals surface area contributed by atoms with E-state index < -0.39 is 0 Å². The Morgan fingerprint density at radius 3 is 2.46 bits per heavy atom. The quantitative estimate of drug-likeness (QED) is 0.685. The zero-order valence-corrected chi connectivity index (χ0v) is 16.2. The van der Waals surface area contributed by atoms with Crippen molar-refractivity contribution in [2.45, 2.75) is 32.9 Å². The van der Waals surface area contributed by atoms with Crippen molar-refractivity contribution < 1.29 is 4.79 Å². The summed E-state index contributed by atoms with van der Waals surface area (Å²) in [4.78, 5) is 25.0. The Labute approximate surface area is 165 Å². The molecule has 1 atom stereocenters. The lowest BCUT2D eigenvalue weighted by Crippen LogP contribution is -2.50. The Bertz CT molecular complexity index is 959. The summed E-state index contributed by atoms with van der Waals surface area (Å²) >= 11 is 0. The standard InChI is InChI=1S/C23H24N4O/c1-3-21-15-26(14-18-7-5-4-6-8-18)23-11-19(20-12-24-16-25-13-20)9-10-22(23)27(21)17(2)28/h4-13,16,21H,3,14-15H2,1-2H3. The molecule has 1 aliphatic heterocycles. The number of carbonyl (C=O) groups is 1. The van der Waals surface area contributed by atoms with Gasteiger partial charge in [-0.05, 0) is 29.7 Å². The zero-order chi connectivity index (χ0) is 19.5. The van der Waals surface area contributed by atoms with Gasteiger partial charge in [0.2, 0.25) is 5.91 Å². The molecule has 28 heavy (non-hydrogen) atoms. The van der Waals surface area contributed by atoms with Crippen molar-refractivity contribution in [1.29, 1.82) is 0 Å². The van der Waals surface area contributed by atoms with E-state index in [1.54, 1.807) is 6.92 Å². The number of aromatic nitrogens is 2. The first-order valence-electron chi connectivity index (χ1n) is 9.65. The Morgan fingerprint density at radius 1 is 1.04 bits per heavy atom. The molecule has 2 heterocycles. The molecule has 0 N–H and O–H groups in total. The maximum absolute atomic E-state index is 12.4. The molecule has 0 radical (unpaired) electrons. The first-order valence-corrected chi connectivity index (χ1v) is 9.65. The number of anilines is 2. The number of amides is 1.